The van der Waals surface area contributed by atoms with Crippen LogP contribution in [0.15, 0.2) is 77.7 Å². The third kappa shape index (κ3) is 4.34. The number of rotatable bonds is 6. The highest BCUT2D eigenvalue weighted by Gasteiger charge is 2.19. The summed E-state index contributed by atoms with van der Waals surface area (Å²) in [6, 6.07) is 18.9. The van der Waals surface area contributed by atoms with E-state index >= 15 is 0 Å². The van der Waals surface area contributed by atoms with Gasteiger partial charge in [-0.3, -0.25) is 4.72 Å². The van der Waals surface area contributed by atoms with Crippen LogP contribution in [0.4, 0.5) is 16.0 Å². The average Bonchev–Trinajstić information content (AvgIpc) is 2.73. The van der Waals surface area contributed by atoms with Crippen LogP contribution in [0.2, 0.25) is 5.02 Å². The van der Waals surface area contributed by atoms with E-state index in [1.807, 2.05) is 24.3 Å². The van der Waals surface area contributed by atoms with Crippen molar-refractivity contribution >= 4 is 44.3 Å². The normalized spacial score (nSPS) is 11.4. The molecule has 30 heavy (non-hydrogen) atoms. The summed E-state index contributed by atoms with van der Waals surface area (Å²) in [6.45, 7) is 0.317. The van der Waals surface area contributed by atoms with Crippen molar-refractivity contribution < 1.29 is 12.8 Å². The van der Waals surface area contributed by atoms with Gasteiger partial charge in [-0.05, 0) is 48.0 Å². The van der Waals surface area contributed by atoms with Gasteiger partial charge in [-0.1, -0.05) is 41.9 Å². The number of para-hydroxylation sites is 2. The number of halogens is 2. The number of anilines is 2. The molecule has 0 aliphatic rings. The van der Waals surface area contributed by atoms with Gasteiger partial charge in [-0.15, -0.1) is 0 Å². The average molecular weight is 443 g/mol. The summed E-state index contributed by atoms with van der Waals surface area (Å²) >= 11 is 6.21. The van der Waals surface area contributed by atoms with E-state index in [1.54, 1.807) is 24.3 Å². The van der Waals surface area contributed by atoms with Gasteiger partial charge >= 0.3 is 0 Å². The summed E-state index contributed by atoms with van der Waals surface area (Å²) in [4.78, 5) is 8.84. The van der Waals surface area contributed by atoms with Crippen LogP contribution in [0.25, 0.3) is 11.0 Å². The standard InChI is InChI=1S/C21H16ClFN4O2S/c22-17-6-2-1-5-14(17)13-24-20-21(26-19-8-4-3-7-18(19)25-20)27-30(28,29)16-11-9-15(23)10-12-16/h1-12H,13H2,(H,24,25)(H,26,27). The zero-order valence-electron chi connectivity index (χ0n) is 15.5. The van der Waals surface area contributed by atoms with Crippen molar-refractivity contribution in [3.63, 3.8) is 0 Å². The van der Waals surface area contributed by atoms with E-state index in [4.69, 9.17) is 11.6 Å². The van der Waals surface area contributed by atoms with Gasteiger partial charge in [0.25, 0.3) is 10.0 Å². The first-order valence-electron chi connectivity index (χ1n) is 8.95. The molecule has 0 amide bonds. The van der Waals surface area contributed by atoms with Crippen molar-refractivity contribution in [1.82, 2.24) is 9.97 Å². The van der Waals surface area contributed by atoms with Crippen molar-refractivity contribution in [2.24, 2.45) is 0 Å². The van der Waals surface area contributed by atoms with Gasteiger partial charge < -0.3 is 5.32 Å². The number of hydrogen-bond donors (Lipinski definition) is 2. The van der Waals surface area contributed by atoms with E-state index in [9.17, 15) is 12.8 Å². The molecule has 0 aliphatic carbocycles. The highest BCUT2D eigenvalue weighted by molar-refractivity contribution is 7.92. The molecule has 6 nitrogen and oxygen atoms in total. The van der Waals surface area contributed by atoms with Crippen molar-refractivity contribution in [1.29, 1.82) is 0 Å². The highest BCUT2D eigenvalue weighted by atomic mass is 35.5. The van der Waals surface area contributed by atoms with Crippen LogP contribution in [-0.4, -0.2) is 18.4 Å². The van der Waals surface area contributed by atoms with Gasteiger partial charge in [0.05, 0.1) is 15.9 Å². The second-order valence-corrected chi connectivity index (χ2v) is 8.50. The number of fused-ring (bicyclic) bond motifs is 1. The van der Waals surface area contributed by atoms with Gasteiger partial charge in [-0.25, -0.2) is 22.8 Å². The largest absolute Gasteiger partial charge is 0.363 e. The van der Waals surface area contributed by atoms with Gasteiger partial charge in [0, 0.05) is 11.6 Å². The minimum Gasteiger partial charge on any atom is -0.363 e. The summed E-state index contributed by atoms with van der Waals surface area (Å²) in [6.07, 6.45) is 0. The maximum absolute atomic E-state index is 13.2. The molecule has 0 unspecified atom stereocenters. The Labute approximate surface area is 177 Å². The number of nitrogens with one attached hydrogen (secondary N) is 2. The highest BCUT2D eigenvalue weighted by Crippen LogP contribution is 2.25. The summed E-state index contributed by atoms with van der Waals surface area (Å²) in [7, 11) is -4.00. The van der Waals surface area contributed by atoms with Crippen LogP contribution in [-0.2, 0) is 16.6 Å². The molecule has 4 rings (SSSR count). The number of benzene rings is 3. The molecule has 1 aromatic heterocycles. The molecule has 152 valence electrons. The first-order valence-corrected chi connectivity index (χ1v) is 10.8. The lowest BCUT2D eigenvalue weighted by atomic mass is 10.2. The van der Waals surface area contributed by atoms with Crippen molar-refractivity contribution in [2.45, 2.75) is 11.4 Å². The Kier molecular flexibility index (Phi) is 5.52. The predicted molar refractivity (Wildman–Crippen MR) is 116 cm³/mol. The first-order chi connectivity index (χ1) is 14.4. The molecule has 3 aromatic carbocycles. The smallest absolute Gasteiger partial charge is 0.263 e. The van der Waals surface area contributed by atoms with Crippen LogP contribution in [0.5, 0.6) is 0 Å². The van der Waals surface area contributed by atoms with E-state index in [2.05, 4.69) is 20.0 Å². The lowest BCUT2D eigenvalue weighted by Gasteiger charge is -2.14. The molecule has 0 atom stereocenters. The molecule has 2 N–H and O–H groups in total. The van der Waals surface area contributed by atoms with Gasteiger partial charge in [0.2, 0.25) is 0 Å². The molecule has 1 heterocycles. The summed E-state index contributed by atoms with van der Waals surface area (Å²) in [5, 5.41) is 3.68. The summed E-state index contributed by atoms with van der Waals surface area (Å²) in [5.74, 6) is -0.245. The predicted octanol–water partition coefficient (Wildman–Crippen LogP) is 4.84. The molecule has 0 saturated heterocycles. The Morgan fingerprint density at radius 3 is 2.10 bits per heavy atom. The number of aromatic nitrogens is 2. The van der Waals surface area contributed by atoms with Crippen LogP contribution in [0, 0.1) is 5.82 Å². The maximum atomic E-state index is 13.2. The second-order valence-electron chi connectivity index (χ2n) is 6.41. The molecule has 4 aromatic rings. The Morgan fingerprint density at radius 2 is 1.43 bits per heavy atom. The van der Waals surface area contributed by atoms with Gasteiger partial charge in [0.15, 0.2) is 11.6 Å². The quantitative estimate of drug-likeness (QED) is 0.446. The van der Waals surface area contributed by atoms with E-state index in [-0.39, 0.29) is 16.5 Å². The second kappa shape index (κ2) is 8.25. The van der Waals surface area contributed by atoms with Gasteiger partial charge in [0.1, 0.15) is 5.82 Å². The lowest BCUT2D eigenvalue weighted by molar-refractivity contribution is 0.599. The van der Waals surface area contributed by atoms with Crippen molar-refractivity contribution in [3.05, 3.63) is 89.2 Å². The summed E-state index contributed by atoms with van der Waals surface area (Å²) in [5.41, 5.74) is 1.95. The van der Waals surface area contributed by atoms with Crippen LogP contribution in [0.3, 0.4) is 0 Å². The third-order valence-electron chi connectivity index (χ3n) is 4.33. The fourth-order valence-electron chi connectivity index (χ4n) is 2.82. The number of nitrogens with zero attached hydrogens (tertiary/aromatic N) is 2. The Bertz CT molecular complexity index is 1310. The van der Waals surface area contributed by atoms with Gasteiger partial charge in [-0.2, -0.15) is 0 Å². The fraction of sp³-hybridized carbons (Fsp3) is 0.0476. The van der Waals surface area contributed by atoms with E-state index in [1.165, 1.54) is 12.1 Å². The van der Waals surface area contributed by atoms with E-state index < -0.39 is 15.8 Å². The Morgan fingerprint density at radius 1 is 0.833 bits per heavy atom. The Hall–Kier alpha value is -3.23. The molecule has 0 radical (unpaired) electrons. The molecule has 0 saturated carbocycles. The molecular formula is C21H16ClFN4O2S. The van der Waals surface area contributed by atoms with E-state index in [0.29, 0.717) is 22.6 Å². The van der Waals surface area contributed by atoms with Crippen LogP contribution < -0.4 is 10.0 Å². The molecule has 0 aliphatic heterocycles. The zero-order chi connectivity index (χ0) is 21.1. The fourth-order valence-corrected chi connectivity index (χ4v) is 4.03. The minimum absolute atomic E-state index is 0.0325. The summed E-state index contributed by atoms with van der Waals surface area (Å²) < 4.78 is 41.2. The molecule has 0 spiro atoms. The molecule has 0 bridgehead atoms. The lowest BCUT2D eigenvalue weighted by Crippen LogP contribution is -2.16. The molecule has 0 fully saturated rings. The molecular weight excluding hydrogens is 427 g/mol. The topological polar surface area (TPSA) is 84.0 Å². The number of sulfonamides is 1. The first kappa shape index (κ1) is 20.1. The van der Waals surface area contributed by atoms with E-state index in [0.717, 1.165) is 17.7 Å². The minimum atomic E-state index is -4.00. The van der Waals surface area contributed by atoms with Crippen molar-refractivity contribution in [3.8, 4) is 0 Å². The van der Waals surface area contributed by atoms with Crippen LogP contribution in [0.1, 0.15) is 5.56 Å². The van der Waals surface area contributed by atoms with Crippen molar-refractivity contribution in [2.75, 3.05) is 10.0 Å². The monoisotopic (exact) mass is 442 g/mol. The Balaban J connectivity index is 1.71. The SMILES string of the molecule is O=S(=O)(Nc1nc2ccccc2nc1NCc1ccccc1Cl)c1ccc(F)cc1. The zero-order valence-corrected chi connectivity index (χ0v) is 17.1. The van der Waals surface area contributed by atoms with Crippen LogP contribution >= 0.6 is 11.6 Å². The third-order valence-corrected chi connectivity index (χ3v) is 6.05. The number of hydrogen-bond acceptors (Lipinski definition) is 5. The maximum Gasteiger partial charge on any atom is 0.263 e. The molecule has 9 heteroatoms.